The average molecular weight is 262 g/mol. The van der Waals surface area contributed by atoms with Gasteiger partial charge in [-0.15, -0.1) is 23.1 Å². The number of nitrogens with zero attached hydrogens (tertiary/aromatic N) is 1. The topological polar surface area (TPSA) is 42.0 Å². The van der Waals surface area contributed by atoms with Crippen molar-refractivity contribution in [2.24, 2.45) is 0 Å². The molecular formula is C12H10N2OS2. The first-order valence-corrected chi connectivity index (χ1v) is 7.02. The molecule has 3 nitrogen and oxygen atoms in total. The van der Waals surface area contributed by atoms with Crippen LogP contribution in [0.2, 0.25) is 0 Å². The Kier molecular flexibility index (Phi) is 2.64. The summed E-state index contributed by atoms with van der Waals surface area (Å²) in [6, 6.07) is 7.58. The summed E-state index contributed by atoms with van der Waals surface area (Å²) in [5.74, 6) is 0. The second kappa shape index (κ2) is 4.16. The molecule has 1 aliphatic rings. The van der Waals surface area contributed by atoms with Crippen molar-refractivity contribution in [1.29, 1.82) is 0 Å². The molecule has 86 valence electrons. The maximum absolute atomic E-state index is 11.9. The van der Waals surface area contributed by atoms with Crippen molar-refractivity contribution >= 4 is 38.9 Å². The van der Waals surface area contributed by atoms with E-state index < -0.39 is 0 Å². The number of nitrogens with one attached hydrogen (secondary N) is 1. The molecule has 3 rings (SSSR count). The van der Waals surface area contributed by atoms with Crippen LogP contribution in [0.4, 0.5) is 0 Å². The van der Waals surface area contributed by atoms with Gasteiger partial charge in [-0.05, 0) is 24.5 Å². The molecule has 2 heterocycles. The highest BCUT2D eigenvalue weighted by atomic mass is 32.2. The minimum atomic E-state index is -0.151. The molecule has 1 atom stereocenters. The van der Waals surface area contributed by atoms with E-state index >= 15 is 0 Å². The van der Waals surface area contributed by atoms with Crippen LogP contribution in [0.25, 0.3) is 15.8 Å². The minimum Gasteiger partial charge on any atom is -0.370 e. The van der Waals surface area contributed by atoms with E-state index in [1.807, 2.05) is 29.7 Å². The summed E-state index contributed by atoms with van der Waals surface area (Å²) in [7, 11) is 0. The van der Waals surface area contributed by atoms with Crippen LogP contribution >= 0.6 is 23.1 Å². The lowest BCUT2D eigenvalue weighted by Crippen LogP contribution is -2.17. The number of aromatic nitrogens is 1. The van der Waals surface area contributed by atoms with Crippen molar-refractivity contribution in [3.05, 3.63) is 45.0 Å². The first kappa shape index (κ1) is 10.8. The van der Waals surface area contributed by atoms with E-state index in [1.54, 1.807) is 23.1 Å². The van der Waals surface area contributed by atoms with Crippen LogP contribution in [-0.2, 0) is 0 Å². The van der Waals surface area contributed by atoms with E-state index in [4.69, 9.17) is 0 Å². The third-order valence-electron chi connectivity index (χ3n) is 2.51. The van der Waals surface area contributed by atoms with Gasteiger partial charge in [-0.2, -0.15) is 4.98 Å². The van der Waals surface area contributed by atoms with Gasteiger partial charge in [-0.25, -0.2) is 0 Å². The Morgan fingerprint density at radius 1 is 1.35 bits per heavy atom. The highest BCUT2D eigenvalue weighted by Gasteiger charge is 2.16. The van der Waals surface area contributed by atoms with Gasteiger partial charge in [0.05, 0.1) is 16.5 Å². The average Bonchev–Trinajstić information content (AvgIpc) is 2.76. The molecule has 0 aliphatic carbocycles. The smallest absolute Gasteiger partial charge is 0.279 e. The molecule has 1 unspecified atom stereocenters. The Balaban J connectivity index is 2.16. The maximum atomic E-state index is 11.9. The quantitative estimate of drug-likeness (QED) is 0.858. The van der Waals surface area contributed by atoms with Gasteiger partial charge < -0.3 is 5.32 Å². The number of hydrogen-bond donors (Lipinski definition) is 1. The molecular weight excluding hydrogens is 252 g/mol. The molecule has 1 aromatic carbocycles. The molecule has 1 N–H and O–H groups in total. The highest BCUT2D eigenvalue weighted by molar-refractivity contribution is 8.03. The predicted octanol–water partition coefficient (Wildman–Crippen LogP) is 2.64. The molecule has 1 aromatic heterocycles. The number of hydrogen-bond acceptors (Lipinski definition) is 5. The fourth-order valence-electron chi connectivity index (χ4n) is 1.70. The molecule has 2 aromatic rings. The highest BCUT2D eigenvalue weighted by Crippen LogP contribution is 2.29. The summed E-state index contributed by atoms with van der Waals surface area (Å²) in [6.45, 7) is 2.08. The second-order valence-electron chi connectivity index (χ2n) is 3.77. The van der Waals surface area contributed by atoms with Gasteiger partial charge in [0, 0.05) is 4.70 Å². The van der Waals surface area contributed by atoms with Gasteiger partial charge in [-0.3, -0.25) is 4.79 Å². The number of rotatable bonds is 1. The van der Waals surface area contributed by atoms with Crippen molar-refractivity contribution in [2.45, 2.75) is 12.3 Å². The normalized spacial score (nSPS) is 19.1. The number of benzene rings is 1. The van der Waals surface area contributed by atoms with Gasteiger partial charge >= 0.3 is 0 Å². The van der Waals surface area contributed by atoms with Crippen molar-refractivity contribution in [3.63, 3.8) is 0 Å². The summed E-state index contributed by atoms with van der Waals surface area (Å²) >= 11 is 3.25. The lowest BCUT2D eigenvalue weighted by molar-refractivity contribution is 0.889. The van der Waals surface area contributed by atoms with Crippen LogP contribution in [0.15, 0.2) is 34.5 Å². The van der Waals surface area contributed by atoms with Crippen LogP contribution < -0.4 is 10.9 Å². The van der Waals surface area contributed by atoms with E-state index in [9.17, 15) is 4.79 Å². The van der Waals surface area contributed by atoms with E-state index in [2.05, 4.69) is 17.2 Å². The Hall–Kier alpha value is -1.33. The van der Waals surface area contributed by atoms with Gasteiger partial charge in [0.2, 0.25) is 0 Å². The largest absolute Gasteiger partial charge is 0.370 e. The van der Waals surface area contributed by atoms with Crippen LogP contribution in [-0.4, -0.2) is 10.4 Å². The fourth-order valence-corrected chi connectivity index (χ4v) is 3.46. The molecule has 17 heavy (non-hydrogen) atoms. The number of thioether (sulfide) groups is 1. The monoisotopic (exact) mass is 262 g/mol. The van der Waals surface area contributed by atoms with Crippen molar-refractivity contribution in [2.75, 3.05) is 0 Å². The summed E-state index contributed by atoms with van der Waals surface area (Å²) in [5.41, 5.74) is 0.803. The first-order valence-electron chi connectivity index (χ1n) is 5.26. The molecule has 0 spiro atoms. The van der Waals surface area contributed by atoms with E-state index in [1.165, 1.54) is 0 Å². The Morgan fingerprint density at radius 3 is 2.94 bits per heavy atom. The molecule has 0 fully saturated rings. The summed E-state index contributed by atoms with van der Waals surface area (Å²) in [6.07, 6.45) is 0. The summed E-state index contributed by atoms with van der Waals surface area (Å²) in [5, 5.41) is 7.13. The zero-order valence-electron chi connectivity index (χ0n) is 9.14. The maximum Gasteiger partial charge on any atom is 0.279 e. The number of fused-ring (bicyclic) bond motifs is 1. The van der Waals surface area contributed by atoms with Crippen molar-refractivity contribution in [1.82, 2.24) is 10.3 Å². The van der Waals surface area contributed by atoms with Crippen LogP contribution in [0.1, 0.15) is 11.9 Å². The molecule has 0 saturated heterocycles. The standard InChI is InChI=1S/C12H10N2OS2/c1-7-13-9(6-16-7)12-14-11(15)8-4-2-3-5-10(8)17-12/h2-7,13H,1H3. The van der Waals surface area contributed by atoms with Gasteiger partial charge in [-0.1, -0.05) is 12.1 Å². The van der Waals surface area contributed by atoms with Crippen molar-refractivity contribution < 1.29 is 0 Å². The van der Waals surface area contributed by atoms with Crippen LogP contribution in [0, 0.1) is 0 Å². The van der Waals surface area contributed by atoms with Crippen LogP contribution in [0.3, 0.4) is 0 Å². The minimum absolute atomic E-state index is 0.151. The Morgan fingerprint density at radius 2 is 2.18 bits per heavy atom. The molecule has 0 bridgehead atoms. The van der Waals surface area contributed by atoms with E-state index in [0.29, 0.717) is 10.8 Å². The molecule has 5 heteroatoms. The van der Waals surface area contributed by atoms with Crippen molar-refractivity contribution in [3.8, 4) is 0 Å². The zero-order valence-corrected chi connectivity index (χ0v) is 10.8. The Labute approximate surface area is 107 Å². The SMILES string of the molecule is CC1NC(c2nc(=O)c3ccccc3s2)=CS1. The molecule has 0 amide bonds. The first-order chi connectivity index (χ1) is 8.24. The van der Waals surface area contributed by atoms with Crippen LogP contribution in [0.5, 0.6) is 0 Å². The zero-order chi connectivity index (χ0) is 11.8. The molecule has 0 radical (unpaired) electrons. The predicted molar refractivity (Wildman–Crippen MR) is 74.1 cm³/mol. The lowest BCUT2D eigenvalue weighted by Gasteiger charge is -2.06. The summed E-state index contributed by atoms with van der Waals surface area (Å²) in [4.78, 5) is 16.0. The fraction of sp³-hybridized carbons (Fsp3) is 0.167. The third kappa shape index (κ3) is 1.96. The van der Waals surface area contributed by atoms with Gasteiger partial charge in [0.1, 0.15) is 5.01 Å². The molecule has 1 aliphatic heterocycles. The third-order valence-corrected chi connectivity index (χ3v) is 4.48. The second-order valence-corrected chi connectivity index (χ2v) is 6.02. The molecule has 0 saturated carbocycles. The lowest BCUT2D eigenvalue weighted by atomic mass is 10.3. The van der Waals surface area contributed by atoms with E-state index in [-0.39, 0.29) is 5.56 Å². The van der Waals surface area contributed by atoms with Gasteiger partial charge in [0.25, 0.3) is 5.56 Å². The van der Waals surface area contributed by atoms with Gasteiger partial charge in [0.15, 0.2) is 0 Å². The Bertz CT molecular complexity index is 663. The van der Waals surface area contributed by atoms with E-state index in [0.717, 1.165) is 15.4 Å². The summed E-state index contributed by atoms with van der Waals surface area (Å²) < 4.78 is 0.981.